The molecule has 1 aliphatic carbocycles. The van der Waals surface area contributed by atoms with Gasteiger partial charge in [-0.2, -0.15) is 0 Å². The molecule has 0 aromatic rings. The van der Waals surface area contributed by atoms with Gasteiger partial charge in [-0.15, -0.1) is 0 Å². The van der Waals surface area contributed by atoms with Crippen molar-refractivity contribution in [1.82, 2.24) is 10.6 Å². The van der Waals surface area contributed by atoms with E-state index in [4.69, 9.17) is 0 Å². The molecule has 3 nitrogen and oxygen atoms in total. The molecule has 0 aromatic heterocycles. The third kappa shape index (κ3) is 5.65. The number of carbonyl (C=O) groups excluding carboxylic acids is 1. The van der Waals surface area contributed by atoms with Crippen molar-refractivity contribution < 1.29 is 4.79 Å². The van der Waals surface area contributed by atoms with Gasteiger partial charge < -0.3 is 10.6 Å². The zero-order valence-corrected chi connectivity index (χ0v) is 9.85. The van der Waals surface area contributed by atoms with Crippen LogP contribution in [-0.2, 0) is 0 Å². The fraction of sp³-hybridized carbons (Fsp3) is 0.917. The molecule has 0 aliphatic heterocycles. The molecule has 0 spiro atoms. The number of nitrogens with one attached hydrogen (secondary N) is 2. The van der Waals surface area contributed by atoms with E-state index in [0.29, 0.717) is 0 Å². The minimum absolute atomic E-state index is 0.0120. The standard InChI is InChI=1S/C12H24N2O/c1-2-3-6-9-13-12(15)14-10-11-7-4-5-8-11/h11H,2-10H2,1H3,(H2,13,14,15). The summed E-state index contributed by atoms with van der Waals surface area (Å²) in [7, 11) is 0. The highest BCUT2D eigenvalue weighted by Gasteiger charge is 2.15. The summed E-state index contributed by atoms with van der Waals surface area (Å²) >= 11 is 0. The highest BCUT2D eigenvalue weighted by Crippen LogP contribution is 2.23. The fourth-order valence-corrected chi connectivity index (χ4v) is 2.09. The topological polar surface area (TPSA) is 41.1 Å². The van der Waals surface area contributed by atoms with Gasteiger partial charge in [0.2, 0.25) is 0 Å². The van der Waals surface area contributed by atoms with Crippen molar-refractivity contribution in [3.8, 4) is 0 Å². The molecule has 0 bridgehead atoms. The first kappa shape index (κ1) is 12.3. The smallest absolute Gasteiger partial charge is 0.314 e. The lowest BCUT2D eigenvalue weighted by Gasteiger charge is -2.11. The molecule has 1 saturated carbocycles. The Morgan fingerprint density at radius 3 is 2.60 bits per heavy atom. The quantitative estimate of drug-likeness (QED) is 0.653. The summed E-state index contributed by atoms with van der Waals surface area (Å²) in [4.78, 5) is 11.3. The van der Waals surface area contributed by atoms with Gasteiger partial charge in [-0.05, 0) is 25.2 Å². The molecular formula is C12H24N2O. The van der Waals surface area contributed by atoms with Crippen LogP contribution in [0.25, 0.3) is 0 Å². The van der Waals surface area contributed by atoms with Gasteiger partial charge in [0.15, 0.2) is 0 Å². The van der Waals surface area contributed by atoms with Crippen molar-refractivity contribution >= 4 is 6.03 Å². The summed E-state index contributed by atoms with van der Waals surface area (Å²) < 4.78 is 0. The van der Waals surface area contributed by atoms with E-state index in [-0.39, 0.29) is 6.03 Å². The number of urea groups is 1. The first-order valence-corrected chi connectivity index (χ1v) is 6.34. The molecule has 0 atom stereocenters. The predicted octanol–water partition coefficient (Wildman–Crippen LogP) is 2.67. The molecule has 1 aliphatic rings. The van der Waals surface area contributed by atoms with Gasteiger partial charge in [-0.3, -0.25) is 0 Å². The van der Waals surface area contributed by atoms with Gasteiger partial charge in [-0.1, -0.05) is 32.6 Å². The molecule has 1 fully saturated rings. The fourth-order valence-electron chi connectivity index (χ4n) is 2.09. The number of unbranched alkanes of at least 4 members (excludes halogenated alkanes) is 2. The second-order valence-electron chi connectivity index (χ2n) is 4.49. The van der Waals surface area contributed by atoms with Gasteiger partial charge in [0.25, 0.3) is 0 Å². The first-order valence-electron chi connectivity index (χ1n) is 6.34. The molecule has 15 heavy (non-hydrogen) atoms. The second-order valence-corrected chi connectivity index (χ2v) is 4.49. The summed E-state index contributed by atoms with van der Waals surface area (Å²) in [5.74, 6) is 0.728. The minimum Gasteiger partial charge on any atom is -0.338 e. The molecule has 88 valence electrons. The van der Waals surface area contributed by atoms with Gasteiger partial charge in [0.05, 0.1) is 0 Å². The average molecular weight is 212 g/mol. The van der Waals surface area contributed by atoms with Crippen molar-refractivity contribution in [3.05, 3.63) is 0 Å². The number of amides is 2. The Bertz CT molecular complexity index is 176. The first-order chi connectivity index (χ1) is 7.33. The Hall–Kier alpha value is -0.730. The summed E-state index contributed by atoms with van der Waals surface area (Å²) in [6.45, 7) is 3.84. The monoisotopic (exact) mass is 212 g/mol. The van der Waals surface area contributed by atoms with Crippen LogP contribution in [0.1, 0.15) is 51.9 Å². The Kier molecular flexibility index (Phi) is 6.21. The lowest BCUT2D eigenvalue weighted by molar-refractivity contribution is 0.238. The van der Waals surface area contributed by atoms with E-state index in [9.17, 15) is 4.79 Å². The molecule has 2 N–H and O–H groups in total. The predicted molar refractivity (Wildman–Crippen MR) is 62.9 cm³/mol. The summed E-state index contributed by atoms with van der Waals surface area (Å²) in [6.07, 6.45) is 8.74. The summed E-state index contributed by atoms with van der Waals surface area (Å²) in [5.41, 5.74) is 0. The molecular weight excluding hydrogens is 188 g/mol. The molecule has 3 heteroatoms. The van der Waals surface area contributed by atoms with E-state index < -0.39 is 0 Å². The van der Waals surface area contributed by atoms with Crippen LogP contribution >= 0.6 is 0 Å². The largest absolute Gasteiger partial charge is 0.338 e. The second kappa shape index (κ2) is 7.55. The van der Waals surface area contributed by atoms with Gasteiger partial charge >= 0.3 is 6.03 Å². The number of carbonyl (C=O) groups is 1. The zero-order valence-electron chi connectivity index (χ0n) is 9.85. The van der Waals surface area contributed by atoms with Crippen LogP contribution in [0.3, 0.4) is 0 Å². The summed E-state index contributed by atoms with van der Waals surface area (Å²) in [5, 5.41) is 5.84. The molecule has 0 aromatic carbocycles. The van der Waals surface area contributed by atoms with Crippen LogP contribution < -0.4 is 10.6 Å². The highest BCUT2D eigenvalue weighted by atomic mass is 16.2. The van der Waals surface area contributed by atoms with E-state index in [1.165, 1.54) is 38.5 Å². The minimum atomic E-state index is 0.0120. The normalized spacial score (nSPS) is 16.6. The van der Waals surface area contributed by atoms with Gasteiger partial charge in [0, 0.05) is 13.1 Å². The lowest BCUT2D eigenvalue weighted by atomic mass is 10.1. The van der Waals surface area contributed by atoms with Crippen molar-refractivity contribution in [3.63, 3.8) is 0 Å². The number of rotatable bonds is 6. The van der Waals surface area contributed by atoms with Gasteiger partial charge in [-0.25, -0.2) is 4.79 Å². The van der Waals surface area contributed by atoms with Crippen molar-refractivity contribution in [1.29, 1.82) is 0 Å². The van der Waals surface area contributed by atoms with Crippen LogP contribution in [0.2, 0.25) is 0 Å². The number of hydrogen-bond donors (Lipinski definition) is 2. The van der Waals surface area contributed by atoms with E-state index in [1.54, 1.807) is 0 Å². The molecule has 0 heterocycles. The van der Waals surface area contributed by atoms with Crippen LogP contribution in [-0.4, -0.2) is 19.1 Å². The van der Waals surface area contributed by atoms with E-state index in [2.05, 4.69) is 17.6 Å². The molecule has 0 saturated heterocycles. The molecule has 0 radical (unpaired) electrons. The lowest BCUT2D eigenvalue weighted by Crippen LogP contribution is -2.38. The van der Waals surface area contributed by atoms with Crippen molar-refractivity contribution in [2.24, 2.45) is 5.92 Å². The Balaban J connectivity index is 1.93. The third-order valence-electron chi connectivity index (χ3n) is 3.09. The van der Waals surface area contributed by atoms with E-state index in [0.717, 1.165) is 25.4 Å². The van der Waals surface area contributed by atoms with Crippen LogP contribution in [0.4, 0.5) is 4.79 Å². The van der Waals surface area contributed by atoms with Gasteiger partial charge in [0.1, 0.15) is 0 Å². The zero-order chi connectivity index (χ0) is 10.9. The van der Waals surface area contributed by atoms with Crippen LogP contribution in [0.15, 0.2) is 0 Å². The molecule has 1 rings (SSSR count). The van der Waals surface area contributed by atoms with Crippen LogP contribution in [0.5, 0.6) is 0 Å². The Morgan fingerprint density at radius 1 is 1.20 bits per heavy atom. The summed E-state index contributed by atoms with van der Waals surface area (Å²) in [6, 6.07) is 0.0120. The van der Waals surface area contributed by atoms with E-state index >= 15 is 0 Å². The highest BCUT2D eigenvalue weighted by molar-refractivity contribution is 5.73. The van der Waals surface area contributed by atoms with Crippen molar-refractivity contribution in [2.75, 3.05) is 13.1 Å². The maximum absolute atomic E-state index is 11.3. The Morgan fingerprint density at radius 2 is 1.93 bits per heavy atom. The SMILES string of the molecule is CCCCCNC(=O)NCC1CCCC1. The average Bonchev–Trinajstić information content (AvgIpc) is 2.74. The number of hydrogen-bond acceptors (Lipinski definition) is 1. The van der Waals surface area contributed by atoms with Crippen LogP contribution in [0, 0.1) is 5.92 Å². The maximum atomic E-state index is 11.3. The van der Waals surface area contributed by atoms with Crippen molar-refractivity contribution in [2.45, 2.75) is 51.9 Å². The Labute approximate surface area is 93.0 Å². The van der Waals surface area contributed by atoms with E-state index in [1.807, 2.05) is 0 Å². The molecule has 0 unspecified atom stereocenters. The molecule has 2 amide bonds. The maximum Gasteiger partial charge on any atom is 0.314 e. The third-order valence-corrected chi connectivity index (χ3v) is 3.09.